The lowest BCUT2D eigenvalue weighted by Gasteiger charge is -2.29. The van der Waals surface area contributed by atoms with Gasteiger partial charge in [-0.3, -0.25) is 9.10 Å². The monoisotopic (exact) mass is 454 g/mol. The van der Waals surface area contributed by atoms with Gasteiger partial charge in [0, 0.05) is 10.0 Å². The van der Waals surface area contributed by atoms with Crippen LogP contribution in [0.5, 0.6) is 0 Å². The van der Waals surface area contributed by atoms with Crippen LogP contribution in [0.2, 0.25) is 10.0 Å². The molecule has 0 bridgehead atoms. The molecule has 29 heavy (non-hydrogen) atoms. The molecule has 1 aliphatic rings. The van der Waals surface area contributed by atoms with E-state index in [1.807, 2.05) is 13.0 Å². The molecular weight excluding hydrogens is 431 g/mol. The van der Waals surface area contributed by atoms with Crippen LogP contribution in [0.4, 0.5) is 5.69 Å². The molecule has 2 aromatic carbocycles. The summed E-state index contributed by atoms with van der Waals surface area (Å²) in [4.78, 5) is 12.9. The number of carbonyl (C=O) groups is 1. The smallest absolute Gasteiger partial charge is 0.244 e. The zero-order chi connectivity index (χ0) is 21.3. The lowest BCUT2D eigenvalue weighted by Crippen LogP contribution is -2.48. The predicted molar refractivity (Wildman–Crippen MR) is 118 cm³/mol. The summed E-state index contributed by atoms with van der Waals surface area (Å²) in [5.74, 6) is -0.403. The Balaban J connectivity index is 1.82. The van der Waals surface area contributed by atoms with E-state index in [1.54, 1.807) is 6.92 Å². The van der Waals surface area contributed by atoms with Crippen molar-refractivity contribution in [3.63, 3.8) is 0 Å². The number of carbonyl (C=O) groups excluding carboxylic acids is 1. The maximum atomic E-state index is 12.9. The molecule has 0 saturated heterocycles. The molecule has 0 fully saturated rings. The van der Waals surface area contributed by atoms with Gasteiger partial charge in [0.2, 0.25) is 15.9 Å². The molecule has 0 spiro atoms. The Morgan fingerprint density at radius 2 is 1.66 bits per heavy atom. The summed E-state index contributed by atoms with van der Waals surface area (Å²) in [5.41, 5.74) is 3.94. The summed E-state index contributed by atoms with van der Waals surface area (Å²) in [6.45, 7) is 3.43. The molecule has 5 nitrogen and oxygen atoms in total. The normalized spacial score (nSPS) is 15.5. The number of fused-ring (bicyclic) bond motifs is 1. The summed E-state index contributed by atoms with van der Waals surface area (Å²) < 4.78 is 25.9. The molecule has 0 aromatic heterocycles. The van der Waals surface area contributed by atoms with Crippen molar-refractivity contribution in [2.24, 2.45) is 0 Å². The molecule has 2 aromatic rings. The minimum absolute atomic E-state index is 0.248. The van der Waals surface area contributed by atoms with Crippen molar-refractivity contribution in [3.8, 4) is 0 Å². The van der Waals surface area contributed by atoms with Gasteiger partial charge in [-0.25, -0.2) is 8.42 Å². The molecule has 1 amide bonds. The largest absolute Gasteiger partial charge is 0.348 e. The van der Waals surface area contributed by atoms with E-state index in [9.17, 15) is 13.2 Å². The highest BCUT2D eigenvalue weighted by Gasteiger charge is 2.30. The lowest BCUT2D eigenvalue weighted by atomic mass is 10.0. The maximum absolute atomic E-state index is 12.9. The average Bonchev–Trinajstić information content (AvgIpc) is 3.07. The van der Waals surface area contributed by atoms with Crippen molar-refractivity contribution >= 4 is 44.8 Å². The van der Waals surface area contributed by atoms with E-state index in [0.29, 0.717) is 10.0 Å². The standard InChI is InChI=1S/C21H24Cl2N2O3S/c1-13(16-8-7-15-5-4-6-17(15)9-16)24-21(26)14(2)25(29(3,27)28)20-11-18(22)10-19(23)12-20/h7-14H,4-6H2,1-3H3,(H,24,26)/t13-,14-/m0/s1. The zero-order valence-corrected chi connectivity index (χ0v) is 18.9. The topological polar surface area (TPSA) is 66.5 Å². The quantitative estimate of drug-likeness (QED) is 0.697. The number of amides is 1. The fraction of sp³-hybridized carbons (Fsp3) is 0.381. The molecule has 0 unspecified atom stereocenters. The number of rotatable bonds is 6. The molecule has 0 radical (unpaired) electrons. The number of hydrogen-bond donors (Lipinski definition) is 1. The Morgan fingerprint density at radius 1 is 1.03 bits per heavy atom. The summed E-state index contributed by atoms with van der Waals surface area (Å²) in [6.07, 6.45) is 4.36. The van der Waals surface area contributed by atoms with Crippen LogP contribution in [0.1, 0.15) is 43.0 Å². The zero-order valence-electron chi connectivity index (χ0n) is 16.6. The van der Waals surface area contributed by atoms with Gasteiger partial charge >= 0.3 is 0 Å². The Labute approximate surface area is 182 Å². The van der Waals surface area contributed by atoms with Gasteiger partial charge in [-0.15, -0.1) is 0 Å². The van der Waals surface area contributed by atoms with Crippen molar-refractivity contribution < 1.29 is 13.2 Å². The maximum Gasteiger partial charge on any atom is 0.244 e. The Morgan fingerprint density at radius 3 is 2.28 bits per heavy atom. The summed E-state index contributed by atoms with van der Waals surface area (Å²) >= 11 is 12.1. The van der Waals surface area contributed by atoms with Crippen molar-refractivity contribution in [1.82, 2.24) is 5.32 Å². The van der Waals surface area contributed by atoms with E-state index in [0.717, 1.165) is 35.4 Å². The van der Waals surface area contributed by atoms with Crippen LogP contribution in [0.3, 0.4) is 0 Å². The lowest BCUT2D eigenvalue weighted by molar-refractivity contribution is -0.122. The number of anilines is 1. The number of sulfonamides is 1. The van der Waals surface area contributed by atoms with Gasteiger partial charge < -0.3 is 5.32 Å². The molecule has 1 aliphatic carbocycles. The van der Waals surface area contributed by atoms with Crippen molar-refractivity contribution in [2.75, 3.05) is 10.6 Å². The number of nitrogens with zero attached hydrogens (tertiary/aromatic N) is 1. The molecule has 0 saturated carbocycles. The highest BCUT2D eigenvalue weighted by atomic mass is 35.5. The van der Waals surface area contributed by atoms with E-state index in [1.165, 1.54) is 29.3 Å². The number of hydrogen-bond acceptors (Lipinski definition) is 3. The second kappa shape index (κ2) is 8.54. The van der Waals surface area contributed by atoms with E-state index < -0.39 is 22.0 Å². The third-order valence-corrected chi connectivity index (χ3v) is 6.85. The number of benzene rings is 2. The Bertz CT molecular complexity index is 1020. The molecular formula is C21H24Cl2N2O3S. The minimum Gasteiger partial charge on any atom is -0.348 e. The number of aryl methyl sites for hydroxylation is 2. The Hall–Kier alpha value is -1.76. The van der Waals surface area contributed by atoms with Crippen LogP contribution in [-0.4, -0.2) is 26.6 Å². The molecule has 0 aliphatic heterocycles. The number of halogens is 2. The molecule has 2 atom stereocenters. The Kier molecular flexibility index (Phi) is 6.46. The summed E-state index contributed by atoms with van der Waals surface area (Å²) in [5, 5.41) is 3.51. The van der Waals surface area contributed by atoms with Crippen LogP contribution in [0.15, 0.2) is 36.4 Å². The molecule has 3 rings (SSSR count). The van der Waals surface area contributed by atoms with Gasteiger partial charge in [-0.1, -0.05) is 41.4 Å². The van der Waals surface area contributed by atoms with E-state index in [2.05, 4.69) is 17.4 Å². The first-order valence-electron chi connectivity index (χ1n) is 9.44. The summed E-state index contributed by atoms with van der Waals surface area (Å²) in [7, 11) is -3.75. The van der Waals surface area contributed by atoms with Crippen LogP contribution in [-0.2, 0) is 27.7 Å². The molecule has 1 N–H and O–H groups in total. The predicted octanol–water partition coefficient (Wildman–Crippen LogP) is 4.51. The van der Waals surface area contributed by atoms with E-state index in [4.69, 9.17) is 23.2 Å². The SMILES string of the molecule is C[C@H](NC(=O)[C@H](C)N(c1cc(Cl)cc(Cl)c1)S(C)(=O)=O)c1ccc2c(c1)CCC2. The number of nitrogens with one attached hydrogen (secondary N) is 1. The minimum atomic E-state index is -3.75. The second-order valence-corrected chi connectivity index (χ2v) is 10.2. The van der Waals surface area contributed by atoms with E-state index in [-0.39, 0.29) is 11.7 Å². The summed E-state index contributed by atoms with van der Waals surface area (Å²) in [6, 6.07) is 9.49. The third-order valence-electron chi connectivity index (χ3n) is 5.17. The van der Waals surface area contributed by atoms with Gasteiger partial charge in [0.1, 0.15) is 6.04 Å². The van der Waals surface area contributed by atoms with Crippen LogP contribution >= 0.6 is 23.2 Å². The fourth-order valence-corrected chi connectivity index (χ4v) is 5.43. The van der Waals surface area contributed by atoms with Gasteiger partial charge in [0.25, 0.3) is 0 Å². The van der Waals surface area contributed by atoms with Crippen LogP contribution in [0.25, 0.3) is 0 Å². The van der Waals surface area contributed by atoms with Gasteiger partial charge in [-0.2, -0.15) is 0 Å². The average molecular weight is 455 g/mol. The van der Waals surface area contributed by atoms with Crippen LogP contribution < -0.4 is 9.62 Å². The van der Waals surface area contributed by atoms with Crippen molar-refractivity contribution in [1.29, 1.82) is 0 Å². The van der Waals surface area contributed by atoms with E-state index >= 15 is 0 Å². The highest BCUT2D eigenvalue weighted by Crippen LogP contribution is 2.29. The molecule has 0 heterocycles. The first kappa shape index (κ1) is 21.9. The third kappa shape index (κ3) is 5.05. The van der Waals surface area contributed by atoms with Crippen LogP contribution in [0, 0.1) is 0 Å². The van der Waals surface area contributed by atoms with Gasteiger partial charge in [-0.05, 0) is 68.0 Å². The van der Waals surface area contributed by atoms with Crippen molar-refractivity contribution in [2.45, 2.75) is 45.2 Å². The molecule has 156 valence electrons. The molecule has 8 heteroatoms. The van der Waals surface area contributed by atoms with Gasteiger partial charge in [0.05, 0.1) is 18.0 Å². The van der Waals surface area contributed by atoms with Gasteiger partial charge in [0.15, 0.2) is 0 Å². The highest BCUT2D eigenvalue weighted by molar-refractivity contribution is 7.92. The first-order chi connectivity index (χ1) is 13.6. The van der Waals surface area contributed by atoms with Crippen molar-refractivity contribution in [3.05, 3.63) is 63.1 Å². The second-order valence-electron chi connectivity index (χ2n) is 7.47. The first-order valence-corrected chi connectivity index (χ1v) is 12.0. The fourth-order valence-electron chi connectivity index (χ4n) is 3.75.